The lowest BCUT2D eigenvalue weighted by Gasteiger charge is -2.09. The SMILES string of the molecule is CCOc1cccc(-c2cc(NC)nc(C3CC3)n2)c1. The Bertz CT molecular complexity index is 608. The molecule has 1 aromatic carbocycles. The van der Waals surface area contributed by atoms with Gasteiger partial charge >= 0.3 is 0 Å². The summed E-state index contributed by atoms with van der Waals surface area (Å²) in [6, 6.07) is 10.0. The molecule has 20 heavy (non-hydrogen) atoms. The summed E-state index contributed by atoms with van der Waals surface area (Å²) >= 11 is 0. The molecule has 1 aliphatic rings. The van der Waals surface area contributed by atoms with Crippen molar-refractivity contribution >= 4 is 5.82 Å². The Labute approximate surface area is 119 Å². The average molecular weight is 269 g/mol. The first-order valence-corrected chi connectivity index (χ1v) is 7.10. The molecule has 4 heteroatoms. The first-order valence-electron chi connectivity index (χ1n) is 7.10. The molecule has 1 saturated carbocycles. The monoisotopic (exact) mass is 269 g/mol. The number of hydrogen-bond donors (Lipinski definition) is 1. The van der Waals surface area contributed by atoms with E-state index in [-0.39, 0.29) is 0 Å². The molecule has 104 valence electrons. The van der Waals surface area contributed by atoms with Crippen LogP contribution in [0.1, 0.15) is 31.5 Å². The van der Waals surface area contributed by atoms with E-state index in [2.05, 4.69) is 16.4 Å². The Morgan fingerprint density at radius 3 is 2.80 bits per heavy atom. The van der Waals surface area contributed by atoms with E-state index in [9.17, 15) is 0 Å². The molecule has 0 bridgehead atoms. The van der Waals surface area contributed by atoms with Gasteiger partial charge in [0.1, 0.15) is 17.4 Å². The molecule has 1 N–H and O–H groups in total. The number of rotatable bonds is 5. The Kier molecular flexibility index (Phi) is 3.54. The van der Waals surface area contributed by atoms with Crippen LogP contribution in [-0.4, -0.2) is 23.6 Å². The van der Waals surface area contributed by atoms with Gasteiger partial charge in [0.05, 0.1) is 12.3 Å². The molecular weight excluding hydrogens is 250 g/mol. The summed E-state index contributed by atoms with van der Waals surface area (Å²) in [5, 5.41) is 3.12. The number of ether oxygens (including phenoxy) is 1. The summed E-state index contributed by atoms with van der Waals surface area (Å²) in [6.45, 7) is 2.66. The van der Waals surface area contributed by atoms with Gasteiger partial charge < -0.3 is 10.1 Å². The van der Waals surface area contributed by atoms with Gasteiger partial charge in [-0.3, -0.25) is 0 Å². The molecule has 1 aromatic heterocycles. The molecule has 0 saturated heterocycles. The van der Waals surface area contributed by atoms with Gasteiger partial charge in [-0.1, -0.05) is 12.1 Å². The smallest absolute Gasteiger partial charge is 0.134 e. The van der Waals surface area contributed by atoms with Crippen LogP contribution in [0, 0.1) is 0 Å². The standard InChI is InChI=1S/C16H19N3O/c1-3-20-13-6-4-5-12(9-13)14-10-15(17-2)19-16(18-14)11-7-8-11/h4-6,9-11H,3,7-8H2,1-2H3,(H,17,18,19). The van der Waals surface area contributed by atoms with E-state index in [1.54, 1.807) is 0 Å². The van der Waals surface area contributed by atoms with Crippen molar-refractivity contribution in [2.24, 2.45) is 0 Å². The quantitative estimate of drug-likeness (QED) is 0.903. The van der Waals surface area contributed by atoms with Gasteiger partial charge in [-0.05, 0) is 31.9 Å². The maximum absolute atomic E-state index is 5.56. The van der Waals surface area contributed by atoms with Crippen molar-refractivity contribution in [3.8, 4) is 17.0 Å². The third-order valence-electron chi connectivity index (χ3n) is 3.38. The number of hydrogen-bond acceptors (Lipinski definition) is 4. The molecule has 0 radical (unpaired) electrons. The first-order chi connectivity index (χ1) is 9.80. The molecule has 0 aliphatic heterocycles. The van der Waals surface area contributed by atoms with E-state index in [4.69, 9.17) is 9.72 Å². The summed E-state index contributed by atoms with van der Waals surface area (Å²) in [6.07, 6.45) is 2.40. The predicted octanol–water partition coefficient (Wildman–Crippen LogP) is 3.46. The highest BCUT2D eigenvalue weighted by Crippen LogP contribution is 2.39. The van der Waals surface area contributed by atoms with Gasteiger partial charge in [0, 0.05) is 24.6 Å². The Hall–Kier alpha value is -2.10. The minimum Gasteiger partial charge on any atom is -0.494 e. The van der Waals surface area contributed by atoms with Crippen LogP contribution in [0.4, 0.5) is 5.82 Å². The maximum Gasteiger partial charge on any atom is 0.134 e. The van der Waals surface area contributed by atoms with Crippen LogP contribution < -0.4 is 10.1 Å². The Morgan fingerprint density at radius 2 is 2.10 bits per heavy atom. The van der Waals surface area contributed by atoms with Crippen LogP contribution in [0.2, 0.25) is 0 Å². The number of benzene rings is 1. The van der Waals surface area contributed by atoms with Crippen LogP contribution in [0.15, 0.2) is 30.3 Å². The van der Waals surface area contributed by atoms with Crippen LogP contribution >= 0.6 is 0 Å². The second kappa shape index (κ2) is 5.49. The minimum absolute atomic E-state index is 0.539. The summed E-state index contributed by atoms with van der Waals surface area (Å²) in [7, 11) is 1.89. The van der Waals surface area contributed by atoms with Crippen molar-refractivity contribution in [2.75, 3.05) is 19.0 Å². The maximum atomic E-state index is 5.56. The predicted molar refractivity (Wildman–Crippen MR) is 80.2 cm³/mol. The minimum atomic E-state index is 0.539. The van der Waals surface area contributed by atoms with Crippen molar-refractivity contribution in [1.29, 1.82) is 0 Å². The van der Waals surface area contributed by atoms with Crippen LogP contribution in [0.5, 0.6) is 5.75 Å². The fourth-order valence-corrected chi connectivity index (χ4v) is 2.18. The summed E-state index contributed by atoms with van der Waals surface area (Å²) in [4.78, 5) is 9.25. The third kappa shape index (κ3) is 2.74. The summed E-state index contributed by atoms with van der Waals surface area (Å²) in [5.41, 5.74) is 2.02. The van der Waals surface area contributed by atoms with Crippen LogP contribution in [0.3, 0.4) is 0 Å². The van der Waals surface area contributed by atoms with Gasteiger partial charge in [0.25, 0.3) is 0 Å². The molecule has 2 aromatic rings. The van der Waals surface area contributed by atoms with E-state index >= 15 is 0 Å². The zero-order chi connectivity index (χ0) is 13.9. The van der Waals surface area contributed by atoms with E-state index in [1.165, 1.54) is 12.8 Å². The third-order valence-corrected chi connectivity index (χ3v) is 3.38. The van der Waals surface area contributed by atoms with Gasteiger partial charge in [-0.2, -0.15) is 0 Å². The lowest BCUT2D eigenvalue weighted by atomic mass is 10.1. The number of anilines is 1. The fourth-order valence-electron chi connectivity index (χ4n) is 2.18. The Morgan fingerprint density at radius 1 is 1.25 bits per heavy atom. The number of nitrogens with zero attached hydrogens (tertiary/aromatic N) is 2. The van der Waals surface area contributed by atoms with Crippen molar-refractivity contribution in [3.05, 3.63) is 36.2 Å². The lowest BCUT2D eigenvalue weighted by Crippen LogP contribution is -2.01. The van der Waals surface area contributed by atoms with E-state index in [0.717, 1.165) is 28.6 Å². The zero-order valence-electron chi connectivity index (χ0n) is 11.9. The van der Waals surface area contributed by atoms with Gasteiger partial charge in [-0.25, -0.2) is 9.97 Å². The molecule has 3 rings (SSSR count). The Balaban J connectivity index is 1.99. The van der Waals surface area contributed by atoms with Crippen molar-refractivity contribution in [1.82, 2.24) is 9.97 Å². The first kappa shape index (κ1) is 12.9. The number of aromatic nitrogens is 2. The summed E-state index contributed by atoms with van der Waals surface area (Å²) < 4.78 is 5.56. The summed E-state index contributed by atoms with van der Waals surface area (Å²) in [5.74, 6) is 3.24. The van der Waals surface area contributed by atoms with E-state index in [0.29, 0.717) is 12.5 Å². The van der Waals surface area contributed by atoms with Crippen molar-refractivity contribution < 1.29 is 4.74 Å². The molecule has 4 nitrogen and oxygen atoms in total. The number of nitrogens with one attached hydrogen (secondary N) is 1. The highest BCUT2D eigenvalue weighted by Gasteiger charge is 2.27. The molecule has 0 spiro atoms. The molecular formula is C16H19N3O. The highest BCUT2D eigenvalue weighted by atomic mass is 16.5. The largest absolute Gasteiger partial charge is 0.494 e. The van der Waals surface area contributed by atoms with Crippen LogP contribution in [-0.2, 0) is 0 Å². The molecule has 1 aliphatic carbocycles. The molecule has 1 fully saturated rings. The molecule has 0 unspecified atom stereocenters. The highest BCUT2D eigenvalue weighted by molar-refractivity contribution is 5.64. The molecule has 0 atom stereocenters. The molecule has 0 amide bonds. The van der Waals surface area contributed by atoms with Gasteiger partial charge in [0.2, 0.25) is 0 Å². The van der Waals surface area contributed by atoms with Crippen LogP contribution in [0.25, 0.3) is 11.3 Å². The van der Waals surface area contributed by atoms with E-state index in [1.807, 2.05) is 38.2 Å². The fraction of sp³-hybridized carbons (Fsp3) is 0.375. The molecule has 1 heterocycles. The van der Waals surface area contributed by atoms with Gasteiger partial charge in [0.15, 0.2) is 0 Å². The van der Waals surface area contributed by atoms with Crippen molar-refractivity contribution in [2.45, 2.75) is 25.7 Å². The lowest BCUT2D eigenvalue weighted by molar-refractivity contribution is 0.340. The second-order valence-corrected chi connectivity index (χ2v) is 4.98. The average Bonchev–Trinajstić information content (AvgIpc) is 3.32. The van der Waals surface area contributed by atoms with Gasteiger partial charge in [-0.15, -0.1) is 0 Å². The normalized spacial score (nSPS) is 14.1. The second-order valence-electron chi connectivity index (χ2n) is 4.98. The zero-order valence-corrected chi connectivity index (χ0v) is 11.9. The van der Waals surface area contributed by atoms with E-state index < -0.39 is 0 Å². The van der Waals surface area contributed by atoms with Crippen molar-refractivity contribution in [3.63, 3.8) is 0 Å². The topological polar surface area (TPSA) is 47.0 Å².